The third kappa shape index (κ3) is 25.2. The number of pyridine rings is 1. The molecular weight excluding hydrogens is 388 g/mol. The molecule has 1 heterocycles. The van der Waals surface area contributed by atoms with Crippen LogP contribution in [-0.2, 0) is 6.42 Å². The number of hydrogen-bond acceptors (Lipinski definition) is 1. The molecule has 176 valence electrons. The van der Waals surface area contributed by atoms with Crippen LogP contribution in [0.15, 0.2) is 37.1 Å². The van der Waals surface area contributed by atoms with Crippen LogP contribution >= 0.6 is 0 Å². The summed E-state index contributed by atoms with van der Waals surface area (Å²) in [7, 11) is 6.88. The molecule has 0 radical (unpaired) electrons. The van der Waals surface area contributed by atoms with E-state index in [0.29, 0.717) is 0 Å². The van der Waals surface area contributed by atoms with Gasteiger partial charge in [0.1, 0.15) is 0 Å². The van der Waals surface area contributed by atoms with Crippen LogP contribution < -0.4 is 12.4 Å². The van der Waals surface area contributed by atoms with Gasteiger partial charge >= 0.3 is 0 Å². The molecule has 0 fully saturated rings. The minimum atomic E-state index is 0. The molecule has 0 aliphatic heterocycles. The van der Waals surface area contributed by atoms with Crippen molar-refractivity contribution in [2.24, 2.45) is 0 Å². The topological polar surface area (TPSA) is 12.9 Å². The Hall–Kier alpha value is -0.860. The van der Waals surface area contributed by atoms with E-state index >= 15 is 0 Å². The lowest BCUT2D eigenvalue weighted by atomic mass is 10.0. The van der Waals surface area contributed by atoms with Crippen molar-refractivity contribution in [1.29, 1.82) is 0 Å². The SMILES string of the molecule is C=CCc1ccccn1.CCCCCCCCCCCCCCCC[N+](C)(C)C.[Cl-]. The van der Waals surface area contributed by atoms with Crippen LogP contribution in [0.1, 0.15) is 103 Å². The van der Waals surface area contributed by atoms with E-state index in [9.17, 15) is 0 Å². The number of hydrogen-bond donors (Lipinski definition) is 0. The molecule has 0 aliphatic rings. The Morgan fingerprint density at radius 2 is 1.23 bits per heavy atom. The van der Waals surface area contributed by atoms with Crippen LogP contribution in [0.4, 0.5) is 0 Å². The maximum atomic E-state index is 4.10. The van der Waals surface area contributed by atoms with Crippen molar-refractivity contribution >= 4 is 0 Å². The Bertz CT molecular complexity index is 454. The van der Waals surface area contributed by atoms with Crippen LogP contribution in [0.3, 0.4) is 0 Å². The van der Waals surface area contributed by atoms with Gasteiger partial charge < -0.3 is 16.9 Å². The average molecular weight is 439 g/mol. The van der Waals surface area contributed by atoms with Crippen molar-refractivity contribution in [3.05, 3.63) is 42.7 Å². The second kappa shape index (κ2) is 22.8. The van der Waals surface area contributed by atoms with Gasteiger partial charge in [0, 0.05) is 18.3 Å². The zero-order valence-electron chi connectivity index (χ0n) is 20.7. The fourth-order valence-corrected chi connectivity index (χ4v) is 3.45. The van der Waals surface area contributed by atoms with Crippen LogP contribution in [0, 0.1) is 0 Å². The summed E-state index contributed by atoms with van der Waals surface area (Å²) < 4.78 is 1.12. The molecule has 1 aromatic heterocycles. The van der Waals surface area contributed by atoms with Crippen LogP contribution in [0.5, 0.6) is 0 Å². The predicted octanol–water partition coefficient (Wildman–Crippen LogP) is 4.99. The third-order valence-corrected chi connectivity index (χ3v) is 5.26. The van der Waals surface area contributed by atoms with Crippen molar-refractivity contribution in [3.8, 4) is 0 Å². The summed E-state index contributed by atoms with van der Waals surface area (Å²) in [5, 5.41) is 0. The zero-order chi connectivity index (χ0) is 21.6. The molecule has 3 heteroatoms. The first-order valence-corrected chi connectivity index (χ1v) is 12.3. The zero-order valence-corrected chi connectivity index (χ0v) is 21.4. The molecule has 0 saturated carbocycles. The number of nitrogens with zero attached hydrogens (tertiary/aromatic N) is 2. The lowest BCUT2D eigenvalue weighted by Gasteiger charge is -2.23. The van der Waals surface area contributed by atoms with Gasteiger partial charge in [-0.15, -0.1) is 6.58 Å². The highest BCUT2D eigenvalue weighted by atomic mass is 35.5. The first-order chi connectivity index (χ1) is 14.0. The molecular formula is C27H51ClN2. The van der Waals surface area contributed by atoms with E-state index in [-0.39, 0.29) is 12.4 Å². The Morgan fingerprint density at radius 3 is 1.60 bits per heavy atom. The first-order valence-electron chi connectivity index (χ1n) is 12.3. The molecule has 0 amide bonds. The van der Waals surface area contributed by atoms with Crippen LogP contribution in [0.2, 0.25) is 0 Å². The van der Waals surface area contributed by atoms with Crippen LogP contribution in [-0.4, -0.2) is 37.2 Å². The Labute approximate surface area is 195 Å². The summed E-state index contributed by atoms with van der Waals surface area (Å²) in [4.78, 5) is 4.10. The number of quaternary nitrogens is 1. The van der Waals surface area contributed by atoms with E-state index in [2.05, 4.69) is 39.6 Å². The minimum Gasteiger partial charge on any atom is -1.00 e. The highest BCUT2D eigenvalue weighted by Gasteiger charge is 2.04. The molecule has 1 aromatic rings. The summed E-state index contributed by atoms with van der Waals surface area (Å²) in [5.41, 5.74) is 1.08. The van der Waals surface area contributed by atoms with Crippen molar-refractivity contribution in [2.75, 3.05) is 27.7 Å². The first kappa shape index (κ1) is 31.3. The van der Waals surface area contributed by atoms with E-state index in [0.717, 1.165) is 16.6 Å². The molecule has 2 nitrogen and oxygen atoms in total. The summed E-state index contributed by atoms with van der Waals surface area (Å²) in [5.74, 6) is 0. The Kier molecular flexibility index (Phi) is 23.8. The van der Waals surface area contributed by atoms with Crippen molar-refractivity contribution in [3.63, 3.8) is 0 Å². The monoisotopic (exact) mass is 438 g/mol. The lowest BCUT2D eigenvalue weighted by Crippen LogP contribution is -3.00. The molecule has 0 aromatic carbocycles. The molecule has 30 heavy (non-hydrogen) atoms. The molecule has 0 atom stereocenters. The largest absolute Gasteiger partial charge is 1.00 e. The molecule has 0 saturated heterocycles. The second-order valence-corrected chi connectivity index (χ2v) is 9.42. The number of unbranched alkanes of at least 4 members (excludes halogenated alkanes) is 13. The Morgan fingerprint density at radius 1 is 0.767 bits per heavy atom. The van der Waals surface area contributed by atoms with Crippen molar-refractivity contribution in [1.82, 2.24) is 4.98 Å². The van der Waals surface area contributed by atoms with Gasteiger partial charge in [0.05, 0.1) is 27.7 Å². The maximum absolute atomic E-state index is 4.10. The van der Waals surface area contributed by atoms with Crippen molar-refractivity contribution in [2.45, 2.75) is 103 Å². The lowest BCUT2D eigenvalue weighted by molar-refractivity contribution is -0.870. The summed E-state index contributed by atoms with van der Waals surface area (Å²) in [6.07, 6.45) is 24.9. The van der Waals surface area contributed by atoms with E-state index < -0.39 is 0 Å². The van der Waals surface area contributed by atoms with E-state index in [4.69, 9.17) is 0 Å². The van der Waals surface area contributed by atoms with Gasteiger partial charge in [-0.3, -0.25) is 4.98 Å². The molecule has 0 unspecified atom stereocenters. The molecule has 0 N–H and O–H groups in total. The van der Waals surface area contributed by atoms with E-state index in [1.807, 2.05) is 24.3 Å². The van der Waals surface area contributed by atoms with Gasteiger partial charge in [-0.05, 0) is 25.0 Å². The van der Waals surface area contributed by atoms with Gasteiger partial charge in [-0.1, -0.05) is 96.1 Å². The second-order valence-electron chi connectivity index (χ2n) is 9.42. The normalized spacial score (nSPS) is 10.7. The summed E-state index contributed by atoms with van der Waals surface area (Å²) in [6, 6.07) is 5.88. The minimum absolute atomic E-state index is 0. The molecule has 0 aliphatic carbocycles. The summed E-state index contributed by atoms with van der Waals surface area (Å²) >= 11 is 0. The number of rotatable bonds is 17. The number of aromatic nitrogens is 1. The van der Waals surface area contributed by atoms with Gasteiger partial charge in [0.2, 0.25) is 0 Å². The highest BCUT2D eigenvalue weighted by Crippen LogP contribution is 2.13. The molecule has 0 spiro atoms. The predicted molar refractivity (Wildman–Crippen MR) is 131 cm³/mol. The standard InChI is InChI=1S/C19H42N.C8H9N.ClH/c1-5-6-7-8-9-10-11-12-13-14-15-16-17-18-19-20(2,3)4;1-2-5-8-6-3-4-7-9-8;/h5-19H2,1-4H3;2-4,6-7H,1,5H2;1H/q+1;;/p-1. The quantitative estimate of drug-likeness (QED) is 0.190. The number of halogens is 1. The van der Waals surface area contributed by atoms with Gasteiger partial charge in [-0.25, -0.2) is 0 Å². The maximum Gasteiger partial charge on any atom is 0.0780 e. The van der Waals surface area contributed by atoms with Crippen LogP contribution in [0.25, 0.3) is 0 Å². The smallest absolute Gasteiger partial charge is 0.0780 e. The number of allylic oxidation sites excluding steroid dienone is 1. The third-order valence-electron chi connectivity index (χ3n) is 5.26. The van der Waals surface area contributed by atoms with Gasteiger partial charge in [-0.2, -0.15) is 0 Å². The van der Waals surface area contributed by atoms with Gasteiger partial charge in [0.25, 0.3) is 0 Å². The molecule has 1 rings (SSSR count). The fourth-order valence-electron chi connectivity index (χ4n) is 3.45. The molecule has 0 bridgehead atoms. The fraction of sp³-hybridized carbons (Fsp3) is 0.741. The summed E-state index contributed by atoms with van der Waals surface area (Å²) in [6.45, 7) is 7.24. The van der Waals surface area contributed by atoms with Crippen molar-refractivity contribution < 1.29 is 16.9 Å². The van der Waals surface area contributed by atoms with Gasteiger partial charge in [0.15, 0.2) is 0 Å². The average Bonchev–Trinajstić information content (AvgIpc) is 2.69. The highest BCUT2D eigenvalue weighted by molar-refractivity contribution is 5.06. The van der Waals surface area contributed by atoms with E-state index in [1.54, 1.807) is 6.20 Å². The Balaban J connectivity index is 0. The van der Waals surface area contributed by atoms with E-state index in [1.165, 1.54) is 96.4 Å².